The standard InChI is InChI=1S/C20H19NO/c1-14-13-18(11-12-19(14)21)20(22)17-9-7-16(8-10-17)15-5-3-2-4-6-15/h2-13,20,22H,21H2,1H3/t20-/m0/s1. The molecule has 0 fully saturated rings. The molecule has 2 heteroatoms. The van der Waals surface area contributed by atoms with E-state index < -0.39 is 6.10 Å². The van der Waals surface area contributed by atoms with Crippen molar-refractivity contribution in [3.05, 3.63) is 89.5 Å². The predicted octanol–water partition coefficient (Wildman–Crippen LogP) is 4.33. The number of hydrogen-bond acceptors (Lipinski definition) is 2. The average Bonchev–Trinajstić information content (AvgIpc) is 2.58. The van der Waals surface area contributed by atoms with E-state index in [2.05, 4.69) is 12.1 Å². The molecule has 3 rings (SSSR count). The van der Waals surface area contributed by atoms with Gasteiger partial charge in [-0.15, -0.1) is 0 Å². The van der Waals surface area contributed by atoms with Crippen LogP contribution in [0.15, 0.2) is 72.8 Å². The number of aliphatic hydroxyl groups excluding tert-OH is 1. The van der Waals surface area contributed by atoms with Crippen LogP contribution in [0, 0.1) is 6.92 Å². The molecule has 0 aliphatic carbocycles. The minimum Gasteiger partial charge on any atom is -0.399 e. The van der Waals surface area contributed by atoms with Gasteiger partial charge in [0.25, 0.3) is 0 Å². The number of aliphatic hydroxyl groups is 1. The van der Waals surface area contributed by atoms with E-state index in [1.165, 1.54) is 5.56 Å². The first kappa shape index (κ1) is 14.4. The molecule has 0 saturated heterocycles. The Morgan fingerprint density at radius 1 is 0.773 bits per heavy atom. The lowest BCUT2D eigenvalue weighted by Crippen LogP contribution is -2.01. The van der Waals surface area contributed by atoms with Crippen molar-refractivity contribution in [3.8, 4) is 11.1 Å². The van der Waals surface area contributed by atoms with Crippen molar-refractivity contribution < 1.29 is 5.11 Å². The van der Waals surface area contributed by atoms with Gasteiger partial charge in [0.1, 0.15) is 6.10 Å². The van der Waals surface area contributed by atoms with Gasteiger partial charge in [-0.25, -0.2) is 0 Å². The van der Waals surface area contributed by atoms with Crippen molar-refractivity contribution in [2.24, 2.45) is 0 Å². The van der Waals surface area contributed by atoms with E-state index in [9.17, 15) is 5.11 Å². The van der Waals surface area contributed by atoms with E-state index in [-0.39, 0.29) is 0 Å². The summed E-state index contributed by atoms with van der Waals surface area (Å²) >= 11 is 0. The van der Waals surface area contributed by atoms with Crippen LogP contribution in [0.5, 0.6) is 0 Å². The largest absolute Gasteiger partial charge is 0.399 e. The average molecular weight is 289 g/mol. The van der Waals surface area contributed by atoms with Gasteiger partial charge in [-0.2, -0.15) is 0 Å². The van der Waals surface area contributed by atoms with Crippen LogP contribution in [0.4, 0.5) is 5.69 Å². The second kappa shape index (κ2) is 6.04. The van der Waals surface area contributed by atoms with Gasteiger partial charge in [-0.1, -0.05) is 66.7 Å². The zero-order valence-electron chi connectivity index (χ0n) is 12.5. The van der Waals surface area contributed by atoms with Crippen LogP contribution in [0.1, 0.15) is 22.8 Å². The molecule has 0 aromatic heterocycles. The Morgan fingerprint density at radius 2 is 1.36 bits per heavy atom. The quantitative estimate of drug-likeness (QED) is 0.705. The Labute approximate surface area is 130 Å². The minimum absolute atomic E-state index is 0.635. The summed E-state index contributed by atoms with van der Waals surface area (Å²) in [4.78, 5) is 0. The van der Waals surface area contributed by atoms with Gasteiger partial charge in [0.15, 0.2) is 0 Å². The molecule has 0 aliphatic rings. The number of aryl methyl sites for hydroxylation is 1. The third-order valence-corrected chi connectivity index (χ3v) is 3.94. The van der Waals surface area contributed by atoms with E-state index >= 15 is 0 Å². The summed E-state index contributed by atoms with van der Waals surface area (Å²) in [6, 6.07) is 23.9. The van der Waals surface area contributed by atoms with E-state index in [4.69, 9.17) is 5.73 Å². The summed E-state index contributed by atoms with van der Waals surface area (Å²) in [5.41, 5.74) is 11.6. The smallest absolute Gasteiger partial charge is 0.104 e. The first-order valence-corrected chi connectivity index (χ1v) is 7.34. The van der Waals surface area contributed by atoms with Crippen molar-refractivity contribution in [2.75, 3.05) is 5.73 Å². The van der Waals surface area contributed by atoms with Crippen LogP contribution < -0.4 is 5.73 Å². The van der Waals surface area contributed by atoms with Crippen LogP contribution in [-0.2, 0) is 0 Å². The molecule has 0 unspecified atom stereocenters. The summed E-state index contributed by atoms with van der Waals surface area (Å²) in [6.07, 6.45) is -0.635. The molecule has 110 valence electrons. The lowest BCUT2D eigenvalue weighted by atomic mass is 9.97. The number of nitrogen functional groups attached to an aromatic ring is 1. The molecule has 0 radical (unpaired) electrons. The maximum absolute atomic E-state index is 10.5. The summed E-state index contributed by atoms with van der Waals surface area (Å²) in [7, 11) is 0. The second-order valence-corrected chi connectivity index (χ2v) is 5.51. The van der Waals surface area contributed by atoms with E-state index in [1.54, 1.807) is 0 Å². The summed E-state index contributed by atoms with van der Waals surface area (Å²) in [5, 5.41) is 10.5. The molecular weight excluding hydrogens is 270 g/mol. The SMILES string of the molecule is Cc1cc([C@@H](O)c2ccc(-c3ccccc3)cc2)ccc1N. The summed E-state index contributed by atoms with van der Waals surface area (Å²) < 4.78 is 0. The Bertz CT molecular complexity index is 763. The Kier molecular flexibility index (Phi) is 3.94. The van der Waals surface area contributed by atoms with Gasteiger partial charge in [0, 0.05) is 5.69 Å². The van der Waals surface area contributed by atoms with Crippen LogP contribution >= 0.6 is 0 Å². The number of benzene rings is 3. The molecule has 0 aliphatic heterocycles. The van der Waals surface area contributed by atoms with Gasteiger partial charge in [0.2, 0.25) is 0 Å². The Balaban J connectivity index is 1.87. The van der Waals surface area contributed by atoms with Crippen LogP contribution in [0.25, 0.3) is 11.1 Å². The zero-order chi connectivity index (χ0) is 15.5. The molecule has 3 aromatic rings. The predicted molar refractivity (Wildman–Crippen MR) is 91.5 cm³/mol. The molecule has 0 heterocycles. The van der Waals surface area contributed by atoms with Gasteiger partial charge < -0.3 is 10.8 Å². The number of nitrogens with two attached hydrogens (primary N) is 1. The molecule has 0 bridgehead atoms. The number of rotatable bonds is 3. The van der Waals surface area contributed by atoms with Crippen LogP contribution in [0.3, 0.4) is 0 Å². The number of anilines is 1. The highest BCUT2D eigenvalue weighted by molar-refractivity contribution is 5.63. The zero-order valence-corrected chi connectivity index (χ0v) is 12.5. The summed E-state index contributed by atoms with van der Waals surface area (Å²) in [5.74, 6) is 0. The van der Waals surface area contributed by atoms with Crippen molar-refractivity contribution >= 4 is 5.69 Å². The van der Waals surface area contributed by atoms with E-state index in [1.807, 2.05) is 67.6 Å². The number of hydrogen-bond donors (Lipinski definition) is 2. The highest BCUT2D eigenvalue weighted by Gasteiger charge is 2.11. The third kappa shape index (κ3) is 2.87. The van der Waals surface area contributed by atoms with E-state index in [0.717, 1.165) is 27.9 Å². The first-order valence-electron chi connectivity index (χ1n) is 7.34. The fraction of sp³-hybridized carbons (Fsp3) is 0.100. The van der Waals surface area contributed by atoms with Gasteiger partial charge in [0.05, 0.1) is 0 Å². The molecule has 22 heavy (non-hydrogen) atoms. The molecule has 0 saturated carbocycles. The maximum Gasteiger partial charge on any atom is 0.104 e. The van der Waals surface area contributed by atoms with Gasteiger partial charge in [-0.3, -0.25) is 0 Å². The highest BCUT2D eigenvalue weighted by Crippen LogP contribution is 2.27. The summed E-state index contributed by atoms with van der Waals surface area (Å²) in [6.45, 7) is 1.95. The van der Waals surface area contributed by atoms with Crippen molar-refractivity contribution in [3.63, 3.8) is 0 Å². The molecular formula is C20H19NO. The van der Waals surface area contributed by atoms with Gasteiger partial charge in [-0.05, 0) is 40.8 Å². The molecule has 3 N–H and O–H groups in total. The Hall–Kier alpha value is -2.58. The van der Waals surface area contributed by atoms with E-state index in [0.29, 0.717) is 0 Å². The third-order valence-electron chi connectivity index (χ3n) is 3.94. The fourth-order valence-electron chi connectivity index (χ4n) is 2.55. The molecule has 0 spiro atoms. The highest BCUT2D eigenvalue weighted by atomic mass is 16.3. The van der Waals surface area contributed by atoms with Crippen LogP contribution in [0.2, 0.25) is 0 Å². The molecule has 1 atom stereocenters. The molecule has 3 aromatic carbocycles. The molecule has 0 amide bonds. The van der Waals surface area contributed by atoms with Crippen LogP contribution in [-0.4, -0.2) is 5.11 Å². The normalized spacial score (nSPS) is 12.1. The minimum atomic E-state index is -0.635. The van der Waals surface area contributed by atoms with Crippen molar-refractivity contribution in [1.29, 1.82) is 0 Å². The fourth-order valence-corrected chi connectivity index (χ4v) is 2.55. The monoisotopic (exact) mass is 289 g/mol. The van der Waals surface area contributed by atoms with Crippen molar-refractivity contribution in [2.45, 2.75) is 13.0 Å². The van der Waals surface area contributed by atoms with Gasteiger partial charge >= 0.3 is 0 Å². The van der Waals surface area contributed by atoms with Crippen molar-refractivity contribution in [1.82, 2.24) is 0 Å². The lowest BCUT2D eigenvalue weighted by molar-refractivity contribution is 0.220. The maximum atomic E-state index is 10.5. The molecule has 2 nitrogen and oxygen atoms in total. The topological polar surface area (TPSA) is 46.2 Å². The lowest BCUT2D eigenvalue weighted by Gasteiger charge is -2.14. The first-order chi connectivity index (χ1) is 10.6. The second-order valence-electron chi connectivity index (χ2n) is 5.51. The Morgan fingerprint density at radius 3 is 2.00 bits per heavy atom.